The zero-order chi connectivity index (χ0) is 9.97. The maximum Gasteiger partial charge on any atom is 0.309 e. The van der Waals surface area contributed by atoms with Crippen molar-refractivity contribution >= 4 is 16.9 Å². The number of pyridine rings is 1. The van der Waals surface area contributed by atoms with Gasteiger partial charge in [0.2, 0.25) is 0 Å². The SMILES string of the molecule is O=C(O)Cc1nncc2cccnc12. The van der Waals surface area contributed by atoms with Crippen LogP contribution in [0, 0.1) is 0 Å². The van der Waals surface area contributed by atoms with Crippen molar-refractivity contribution in [2.24, 2.45) is 0 Å². The first-order valence-corrected chi connectivity index (χ1v) is 4.04. The Kier molecular flexibility index (Phi) is 2.06. The van der Waals surface area contributed by atoms with E-state index in [-0.39, 0.29) is 6.42 Å². The Morgan fingerprint density at radius 3 is 3.14 bits per heavy atom. The van der Waals surface area contributed by atoms with Crippen LogP contribution in [0.4, 0.5) is 0 Å². The molecule has 0 spiro atoms. The minimum absolute atomic E-state index is 0.151. The minimum Gasteiger partial charge on any atom is -0.481 e. The van der Waals surface area contributed by atoms with Gasteiger partial charge in [-0.25, -0.2) is 0 Å². The van der Waals surface area contributed by atoms with Crippen LogP contribution >= 0.6 is 0 Å². The average molecular weight is 189 g/mol. The first kappa shape index (κ1) is 8.55. The highest BCUT2D eigenvalue weighted by molar-refractivity contribution is 5.82. The lowest BCUT2D eigenvalue weighted by Gasteiger charge is -1.99. The largest absolute Gasteiger partial charge is 0.481 e. The maximum absolute atomic E-state index is 10.5. The summed E-state index contributed by atoms with van der Waals surface area (Å²) in [5, 5.41) is 16.9. The van der Waals surface area contributed by atoms with Gasteiger partial charge in [0.1, 0.15) is 5.69 Å². The van der Waals surface area contributed by atoms with Crippen molar-refractivity contribution in [3.63, 3.8) is 0 Å². The third-order valence-electron chi connectivity index (χ3n) is 1.81. The molecule has 0 saturated heterocycles. The third kappa shape index (κ3) is 1.52. The molecular formula is C9H7N3O2. The number of hydrogen-bond donors (Lipinski definition) is 1. The Morgan fingerprint density at radius 1 is 1.50 bits per heavy atom. The Hall–Kier alpha value is -2.04. The fraction of sp³-hybridized carbons (Fsp3) is 0.111. The summed E-state index contributed by atoms with van der Waals surface area (Å²) in [5.41, 5.74) is 1.00. The Morgan fingerprint density at radius 2 is 2.36 bits per heavy atom. The van der Waals surface area contributed by atoms with Gasteiger partial charge in [-0.3, -0.25) is 9.78 Å². The number of carbonyl (C=O) groups is 1. The lowest BCUT2D eigenvalue weighted by molar-refractivity contribution is -0.136. The van der Waals surface area contributed by atoms with E-state index in [1.807, 2.05) is 6.07 Å². The summed E-state index contributed by atoms with van der Waals surface area (Å²) in [7, 11) is 0. The second kappa shape index (κ2) is 3.37. The molecule has 0 saturated carbocycles. The summed E-state index contributed by atoms with van der Waals surface area (Å²) < 4.78 is 0. The molecule has 0 bridgehead atoms. The summed E-state index contributed by atoms with van der Waals surface area (Å²) in [6.07, 6.45) is 3.02. The van der Waals surface area contributed by atoms with E-state index >= 15 is 0 Å². The highest BCUT2D eigenvalue weighted by Gasteiger charge is 2.07. The smallest absolute Gasteiger partial charge is 0.309 e. The maximum atomic E-state index is 10.5. The summed E-state index contributed by atoms with van der Waals surface area (Å²) in [5.74, 6) is -0.933. The van der Waals surface area contributed by atoms with Gasteiger partial charge >= 0.3 is 5.97 Å². The van der Waals surface area contributed by atoms with Gasteiger partial charge in [-0.1, -0.05) is 0 Å². The van der Waals surface area contributed by atoms with E-state index < -0.39 is 5.97 Å². The van der Waals surface area contributed by atoms with Gasteiger partial charge in [0.05, 0.1) is 18.1 Å². The predicted molar refractivity (Wildman–Crippen MR) is 48.7 cm³/mol. The van der Waals surface area contributed by atoms with Crippen LogP contribution in [-0.4, -0.2) is 26.3 Å². The molecular weight excluding hydrogens is 182 g/mol. The van der Waals surface area contributed by atoms with Crippen molar-refractivity contribution in [3.05, 3.63) is 30.2 Å². The van der Waals surface area contributed by atoms with E-state index in [2.05, 4.69) is 15.2 Å². The zero-order valence-corrected chi connectivity index (χ0v) is 7.21. The summed E-state index contributed by atoms with van der Waals surface area (Å²) in [4.78, 5) is 14.6. The highest BCUT2D eigenvalue weighted by atomic mass is 16.4. The molecule has 1 N–H and O–H groups in total. The molecule has 0 aromatic carbocycles. The number of rotatable bonds is 2. The average Bonchev–Trinajstić information content (AvgIpc) is 2.18. The van der Waals surface area contributed by atoms with Crippen LogP contribution in [0.1, 0.15) is 5.69 Å². The fourth-order valence-electron chi connectivity index (χ4n) is 1.23. The van der Waals surface area contributed by atoms with E-state index in [4.69, 9.17) is 5.11 Å². The van der Waals surface area contributed by atoms with Crippen molar-refractivity contribution < 1.29 is 9.90 Å². The van der Waals surface area contributed by atoms with Crippen molar-refractivity contribution in [2.75, 3.05) is 0 Å². The molecule has 14 heavy (non-hydrogen) atoms. The standard InChI is InChI=1S/C9H7N3O2/c13-8(14)4-7-9-6(5-11-12-7)2-1-3-10-9/h1-3,5H,4H2,(H,13,14). The van der Waals surface area contributed by atoms with Crippen molar-refractivity contribution in [2.45, 2.75) is 6.42 Å². The van der Waals surface area contributed by atoms with Crippen molar-refractivity contribution in [1.82, 2.24) is 15.2 Å². The number of aromatic nitrogens is 3. The molecule has 0 aliphatic rings. The number of aliphatic carboxylic acids is 1. The molecule has 2 aromatic rings. The van der Waals surface area contributed by atoms with Crippen LogP contribution in [0.3, 0.4) is 0 Å². The van der Waals surface area contributed by atoms with Crippen LogP contribution in [0.2, 0.25) is 0 Å². The van der Waals surface area contributed by atoms with Gasteiger partial charge in [0, 0.05) is 11.6 Å². The number of fused-ring (bicyclic) bond motifs is 1. The van der Waals surface area contributed by atoms with E-state index in [1.54, 1.807) is 18.5 Å². The zero-order valence-electron chi connectivity index (χ0n) is 7.21. The summed E-state index contributed by atoms with van der Waals surface area (Å²) in [6, 6.07) is 3.59. The van der Waals surface area contributed by atoms with Gasteiger partial charge in [-0.05, 0) is 12.1 Å². The van der Waals surface area contributed by atoms with Crippen LogP contribution in [-0.2, 0) is 11.2 Å². The number of carboxylic acid groups (broad SMARTS) is 1. The highest BCUT2D eigenvalue weighted by Crippen LogP contribution is 2.12. The van der Waals surface area contributed by atoms with Crippen LogP contribution in [0.15, 0.2) is 24.5 Å². The molecule has 0 fully saturated rings. The number of carboxylic acids is 1. The molecule has 2 aromatic heterocycles. The molecule has 2 heterocycles. The monoisotopic (exact) mass is 189 g/mol. The van der Waals surface area contributed by atoms with Gasteiger partial charge in [0.15, 0.2) is 0 Å². The Balaban J connectivity index is 2.59. The summed E-state index contributed by atoms with van der Waals surface area (Å²) >= 11 is 0. The first-order chi connectivity index (χ1) is 6.77. The predicted octanol–water partition coefficient (Wildman–Crippen LogP) is 0.652. The number of hydrogen-bond acceptors (Lipinski definition) is 4. The van der Waals surface area contributed by atoms with E-state index in [0.29, 0.717) is 11.2 Å². The molecule has 5 nitrogen and oxygen atoms in total. The van der Waals surface area contributed by atoms with Gasteiger partial charge < -0.3 is 5.11 Å². The third-order valence-corrected chi connectivity index (χ3v) is 1.81. The molecule has 2 rings (SSSR count). The van der Waals surface area contributed by atoms with Crippen molar-refractivity contribution in [3.8, 4) is 0 Å². The molecule has 0 atom stereocenters. The molecule has 0 amide bonds. The quantitative estimate of drug-likeness (QED) is 0.750. The number of nitrogens with zero attached hydrogens (tertiary/aromatic N) is 3. The lowest BCUT2D eigenvalue weighted by Crippen LogP contribution is -2.04. The molecule has 70 valence electrons. The molecule has 0 unspecified atom stereocenters. The minimum atomic E-state index is -0.933. The first-order valence-electron chi connectivity index (χ1n) is 4.04. The van der Waals surface area contributed by atoms with Crippen LogP contribution in [0.25, 0.3) is 10.9 Å². The normalized spacial score (nSPS) is 10.3. The summed E-state index contributed by atoms with van der Waals surface area (Å²) in [6.45, 7) is 0. The van der Waals surface area contributed by atoms with Crippen LogP contribution in [0.5, 0.6) is 0 Å². The van der Waals surface area contributed by atoms with Gasteiger partial charge in [-0.15, -0.1) is 0 Å². The second-order valence-electron chi connectivity index (χ2n) is 2.80. The Bertz CT molecular complexity index is 479. The molecule has 0 aliphatic carbocycles. The van der Waals surface area contributed by atoms with E-state index in [1.165, 1.54) is 0 Å². The van der Waals surface area contributed by atoms with Crippen LogP contribution < -0.4 is 0 Å². The molecule has 5 heteroatoms. The van der Waals surface area contributed by atoms with Gasteiger partial charge in [-0.2, -0.15) is 10.2 Å². The van der Waals surface area contributed by atoms with Crippen molar-refractivity contribution in [1.29, 1.82) is 0 Å². The Labute approximate surface area is 79.4 Å². The topological polar surface area (TPSA) is 76.0 Å². The van der Waals surface area contributed by atoms with E-state index in [0.717, 1.165) is 5.39 Å². The van der Waals surface area contributed by atoms with E-state index in [9.17, 15) is 4.79 Å². The lowest BCUT2D eigenvalue weighted by atomic mass is 10.2. The molecule has 0 radical (unpaired) electrons. The fourth-order valence-corrected chi connectivity index (χ4v) is 1.23. The molecule has 0 aliphatic heterocycles. The van der Waals surface area contributed by atoms with Gasteiger partial charge in [0.25, 0.3) is 0 Å². The second-order valence-corrected chi connectivity index (χ2v) is 2.80.